The van der Waals surface area contributed by atoms with Crippen molar-refractivity contribution in [2.24, 2.45) is 11.7 Å². The zero-order valence-corrected chi connectivity index (χ0v) is 9.03. The predicted molar refractivity (Wildman–Crippen MR) is 56.9 cm³/mol. The van der Waals surface area contributed by atoms with Crippen molar-refractivity contribution in [2.45, 2.75) is 45.2 Å². The van der Waals surface area contributed by atoms with E-state index >= 15 is 0 Å². The Morgan fingerprint density at radius 2 is 2.29 bits per heavy atom. The van der Waals surface area contributed by atoms with E-state index in [-0.39, 0.29) is 5.54 Å². The Bertz CT molecular complexity index is 310. The highest BCUT2D eigenvalue weighted by Gasteiger charge is 2.38. The van der Waals surface area contributed by atoms with Gasteiger partial charge in [-0.05, 0) is 24.8 Å². The van der Waals surface area contributed by atoms with Gasteiger partial charge in [0.2, 0.25) is 0 Å². The molecule has 0 aromatic carbocycles. The van der Waals surface area contributed by atoms with E-state index in [1.54, 1.807) is 0 Å². The Balaban J connectivity index is 2.05. The van der Waals surface area contributed by atoms with Gasteiger partial charge in [0.05, 0.1) is 0 Å². The summed E-state index contributed by atoms with van der Waals surface area (Å²) in [5, 5.41) is 4.33. The molecule has 0 bridgehead atoms. The van der Waals surface area contributed by atoms with Crippen LogP contribution in [0.5, 0.6) is 0 Å². The van der Waals surface area contributed by atoms with E-state index in [4.69, 9.17) is 5.73 Å². The number of hydrogen-bond acceptors (Lipinski definition) is 2. The van der Waals surface area contributed by atoms with Gasteiger partial charge in [-0.3, -0.25) is 4.68 Å². The second-order valence-corrected chi connectivity index (χ2v) is 4.94. The molecule has 2 rings (SSSR count). The minimum Gasteiger partial charge on any atom is -0.325 e. The molecule has 1 fully saturated rings. The molecule has 1 heterocycles. The lowest BCUT2D eigenvalue weighted by atomic mass is 10.1. The van der Waals surface area contributed by atoms with Crippen molar-refractivity contribution in [1.29, 1.82) is 0 Å². The lowest BCUT2D eigenvalue weighted by molar-refractivity contribution is 0.460. The van der Waals surface area contributed by atoms with Gasteiger partial charge in [0.1, 0.15) is 0 Å². The van der Waals surface area contributed by atoms with Gasteiger partial charge < -0.3 is 5.73 Å². The highest BCUT2D eigenvalue weighted by molar-refractivity contribution is 5.12. The molecule has 1 aliphatic carbocycles. The molecule has 3 nitrogen and oxygen atoms in total. The van der Waals surface area contributed by atoms with E-state index in [2.05, 4.69) is 29.7 Å². The van der Waals surface area contributed by atoms with Gasteiger partial charge in [-0.15, -0.1) is 0 Å². The summed E-state index contributed by atoms with van der Waals surface area (Å²) in [6.45, 7) is 5.42. The van der Waals surface area contributed by atoms with Gasteiger partial charge >= 0.3 is 0 Å². The summed E-state index contributed by atoms with van der Waals surface area (Å²) in [4.78, 5) is 0. The molecule has 0 radical (unpaired) electrons. The van der Waals surface area contributed by atoms with E-state index in [9.17, 15) is 0 Å². The van der Waals surface area contributed by atoms with Crippen LogP contribution in [-0.4, -0.2) is 15.3 Å². The Morgan fingerprint density at radius 3 is 2.86 bits per heavy atom. The molecule has 0 unspecified atom stereocenters. The van der Waals surface area contributed by atoms with Crippen LogP contribution in [0.2, 0.25) is 0 Å². The van der Waals surface area contributed by atoms with E-state index in [0.717, 1.165) is 13.0 Å². The summed E-state index contributed by atoms with van der Waals surface area (Å²) in [7, 11) is 0. The van der Waals surface area contributed by atoms with Gasteiger partial charge in [0.25, 0.3) is 0 Å². The van der Waals surface area contributed by atoms with Crippen LogP contribution in [0.4, 0.5) is 0 Å². The largest absolute Gasteiger partial charge is 0.325 e. The van der Waals surface area contributed by atoms with Gasteiger partial charge in [0.15, 0.2) is 0 Å². The molecule has 1 aliphatic rings. The molecule has 1 aromatic heterocycles. The van der Waals surface area contributed by atoms with Crippen molar-refractivity contribution < 1.29 is 0 Å². The van der Waals surface area contributed by atoms with Crippen molar-refractivity contribution in [3.8, 4) is 0 Å². The lowest BCUT2D eigenvalue weighted by Gasteiger charge is -2.12. The van der Waals surface area contributed by atoms with E-state index in [1.807, 2.05) is 6.20 Å². The summed E-state index contributed by atoms with van der Waals surface area (Å²) in [5.74, 6) is 0.640. The minimum absolute atomic E-state index is 0.0920. The van der Waals surface area contributed by atoms with Crippen LogP contribution < -0.4 is 5.73 Å². The van der Waals surface area contributed by atoms with Gasteiger partial charge in [-0.1, -0.05) is 13.8 Å². The molecule has 14 heavy (non-hydrogen) atoms. The number of aromatic nitrogens is 2. The highest BCUT2D eigenvalue weighted by Crippen LogP contribution is 2.35. The third-order valence-corrected chi connectivity index (χ3v) is 2.77. The Hall–Kier alpha value is -0.830. The van der Waals surface area contributed by atoms with Crippen molar-refractivity contribution in [3.05, 3.63) is 18.0 Å². The van der Waals surface area contributed by atoms with Crippen molar-refractivity contribution in [1.82, 2.24) is 9.78 Å². The molecule has 0 aliphatic heterocycles. The number of nitrogens with zero attached hydrogens (tertiary/aromatic N) is 2. The Morgan fingerprint density at radius 1 is 1.57 bits per heavy atom. The topological polar surface area (TPSA) is 43.8 Å². The fraction of sp³-hybridized carbons (Fsp3) is 0.727. The molecular formula is C11H19N3. The summed E-state index contributed by atoms with van der Waals surface area (Å²) in [6, 6.07) is 2.09. The molecule has 0 amide bonds. The highest BCUT2D eigenvalue weighted by atomic mass is 15.3. The quantitative estimate of drug-likeness (QED) is 0.789. The van der Waals surface area contributed by atoms with Crippen LogP contribution in [0.1, 0.15) is 32.4 Å². The summed E-state index contributed by atoms with van der Waals surface area (Å²) < 4.78 is 2.09. The van der Waals surface area contributed by atoms with Crippen LogP contribution in [0.15, 0.2) is 12.3 Å². The monoisotopic (exact) mass is 193 g/mol. The van der Waals surface area contributed by atoms with Crippen molar-refractivity contribution >= 4 is 0 Å². The second kappa shape index (κ2) is 3.39. The summed E-state index contributed by atoms with van der Waals surface area (Å²) in [5.41, 5.74) is 7.48. The van der Waals surface area contributed by atoms with Crippen LogP contribution in [0.3, 0.4) is 0 Å². The number of rotatable bonds is 4. The Kier molecular flexibility index (Phi) is 2.35. The molecule has 0 atom stereocenters. The average Bonchev–Trinajstić information content (AvgIpc) is 2.65. The van der Waals surface area contributed by atoms with E-state index in [1.165, 1.54) is 18.5 Å². The smallest absolute Gasteiger partial charge is 0.0492 e. The predicted octanol–water partition coefficient (Wildman–Crippen LogP) is 1.57. The summed E-state index contributed by atoms with van der Waals surface area (Å²) >= 11 is 0. The molecule has 2 N–H and O–H groups in total. The first-order valence-electron chi connectivity index (χ1n) is 5.39. The van der Waals surface area contributed by atoms with Crippen LogP contribution >= 0.6 is 0 Å². The number of nitrogens with two attached hydrogens (primary N) is 1. The van der Waals surface area contributed by atoms with Crippen LogP contribution in [0, 0.1) is 5.92 Å². The standard InChI is InChI=1S/C11H19N3/c1-9(2)8-14-10(3-6-13-14)7-11(12)4-5-11/h3,6,9H,4-5,7-8,12H2,1-2H3. The zero-order chi connectivity index (χ0) is 10.2. The lowest BCUT2D eigenvalue weighted by Crippen LogP contribution is -2.26. The molecule has 1 aromatic rings. The molecule has 0 saturated heterocycles. The maximum Gasteiger partial charge on any atom is 0.0492 e. The fourth-order valence-electron chi connectivity index (χ4n) is 1.72. The summed E-state index contributed by atoms with van der Waals surface area (Å²) in [6.07, 6.45) is 5.20. The van der Waals surface area contributed by atoms with Gasteiger partial charge in [-0.25, -0.2) is 0 Å². The maximum absolute atomic E-state index is 6.10. The van der Waals surface area contributed by atoms with Crippen LogP contribution in [0.25, 0.3) is 0 Å². The molecular weight excluding hydrogens is 174 g/mol. The fourth-order valence-corrected chi connectivity index (χ4v) is 1.72. The minimum atomic E-state index is 0.0920. The van der Waals surface area contributed by atoms with Crippen molar-refractivity contribution in [2.75, 3.05) is 0 Å². The molecule has 1 saturated carbocycles. The second-order valence-electron chi connectivity index (χ2n) is 4.94. The molecule has 3 heteroatoms. The first-order valence-corrected chi connectivity index (χ1v) is 5.39. The molecule has 0 spiro atoms. The maximum atomic E-state index is 6.10. The third kappa shape index (κ3) is 2.15. The van der Waals surface area contributed by atoms with E-state index in [0.29, 0.717) is 5.92 Å². The normalized spacial score (nSPS) is 18.9. The average molecular weight is 193 g/mol. The first-order chi connectivity index (χ1) is 6.59. The van der Waals surface area contributed by atoms with Gasteiger partial charge in [-0.2, -0.15) is 5.10 Å². The van der Waals surface area contributed by atoms with Crippen LogP contribution in [-0.2, 0) is 13.0 Å². The zero-order valence-electron chi connectivity index (χ0n) is 9.03. The first kappa shape index (κ1) is 9.71. The van der Waals surface area contributed by atoms with Gasteiger partial charge in [0, 0.05) is 30.4 Å². The van der Waals surface area contributed by atoms with Crippen molar-refractivity contribution in [3.63, 3.8) is 0 Å². The Labute approximate surface area is 85.3 Å². The van der Waals surface area contributed by atoms with E-state index < -0.39 is 0 Å². The number of hydrogen-bond donors (Lipinski definition) is 1. The third-order valence-electron chi connectivity index (χ3n) is 2.77. The molecule has 78 valence electrons. The SMILES string of the molecule is CC(C)Cn1nccc1CC1(N)CC1.